The zero-order chi connectivity index (χ0) is 15.6. The quantitative estimate of drug-likeness (QED) is 0.811. The second-order valence-electron chi connectivity index (χ2n) is 4.98. The van der Waals surface area contributed by atoms with E-state index in [0.717, 1.165) is 0 Å². The molecule has 1 atom stereocenters. The van der Waals surface area contributed by atoms with Gasteiger partial charge in [-0.15, -0.1) is 0 Å². The molecule has 1 heterocycles. The monoisotopic (exact) mass is 377 g/mol. The molecule has 116 valence electrons. The van der Waals surface area contributed by atoms with Crippen LogP contribution in [0.4, 0.5) is 0 Å². The first kappa shape index (κ1) is 16.4. The minimum Gasteiger partial charge on any atom is -0.478 e. The third kappa shape index (κ3) is 3.45. The van der Waals surface area contributed by atoms with Gasteiger partial charge in [0.05, 0.1) is 10.5 Å². The molecular weight excluding hydrogens is 362 g/mol. The highest BCUT2D eigenvalue weighted by atomic mass is 79.9. The van der Waals surface area contributed by atoms with Gasteiger partial charge in [0.2, 0.25) is 10.0 Å². The molecule has 1 aliphatic heterocycles. The van der Waals surface area contributed by atoms with Gasteiger partial charge in [-0.05, 0) is 52.9 Å². The number of nitrogens with zero attached hydrogens (tertiary/aromatic N) is 1. The minimum atomic E-state index is -3.74. The Morgan fingerprint density at radius 3 is 2.76 bits per heavy atom. The third-order valence-electron chi connectivity index (χ3n) is 3.58. The number of aliphatic hydroxyl groups is 1. The number of hydrogen-bond donors (Lipinski definition) is 2. The van der Waals surface area contributed by atoms with Crippen molar-refractivity contribution in [3.05, 3.63) is 28.2 Å². The Labute approximate surface area is 131 Å². The van der Waals surface area contributed by atoms with Gasteiger partial charge < -0.3 is 10.2 Å². The number of sulfonamides is 1. The Bertz CT molecular complexity index is 646. The molecular formula is C13H16BrNO5S. The molecule has 1 unspecified atom stereocenters. The summed E-state index contributed by atoms with van der Waals surface area (Å²) in [6, 6.07) is 3.95. The summed E-state index contributed by atoms with van der Waals surface area (Å²) in [5, 5.41) is 17.9. The van der Waals surface area contributed by atoms with Crippen LogP contribution in [0.3, 0.4) is 0 Å². The molecule has 8 heteroatoms. The average molecular weight is 378 g/mol. The first-order valence-corrected chi connectivity index (χ1v) is 8.73. The number of benzene rings is 1. The van der Waals surface area contributed by atoms with Crippen LogP contribution in [0.1, 0.15) is 23.2 Å². The molecule has 1 fully saturated rings. The number of carbonyl (C=O) groups is 1. The van der Waals surface area contributed by atoms with Crippen molar-refractivity contribution in [2.75, 3.05) is 19.7 Å². The molecule has 2 rings (SSSR count). The second kappa shape index (κ2) is 6.43. The highest BCUT2D eigenvalue weighted by molar-refractivity contribution is 9.10. The Hall–Kier alpha value is -0.960. The van der Waals surface area contributed by atoms with Gasteiger partial charge in [0.1, 0.15) is 0 Å². The third-order valence-corrected chi connectivity index (χ3v) is 6.44. The topological polar surface area (TPSA) is 94.9 Å². The fourth-order valence-electron chi connectivity index (χ4n) is 2.41. The van der Waals surface area contributed by atoms with Crippen LogP contribution in [-0.2, 0) is 10.0 Å². The van der Waals surface area contributed by atoms with Crippen LogP contribution >= 0.6 is 15.9 Å². The highest BCUT2D eigenvalue weighted by Gasteiger charge is 2.33. The lowest BCUT2D eigenvalue weighted by molar-refractivity contribution is 0.0696. The van der Waals surface area contributed by atoms with E-state index in [9.17, 15) is 13.2 Å². The van der Waals surface area contributed by atoms with E-state index < -0.39 is 16.0 Å². The fraction of sp³-hybridized carbons (Fsp3) is 0.462. The van der Waals surface area contributed by atoms with E-state index in [-0.39, 0.29) is 23.0 Å². The molecule has 0 aliphatic carbocycles. The molecule has 1 aromatic carbocycles. The molecule has 0 aromatic heterocycles. The fourth-order valence-corrected chi connectivity index (χ4v) is 4.89. The van der Waals surface area contributed by atoms with E-state index in [1.165, 1.54) is 22.5 Å². The zero-order valence-corrected chi connectivity index (χ0v) is 13.6. The number of rotatable bonds is 5. The Balaban J connectivity index is 2.32. The van der Waals surface area contributed by atoms with Crippen molar-refractivity contribution in [2.24, 2.45) is 5.92 Å². The molecule has 6 nitrogen and oxygen atoms in total. The Kier molecular flexibility index (Phi) is 5.03. The largest absolute Gasteiger partial charge is 0.478 e. The van der Waals surface area contributed by atoms with Gasteiger partial charge >= 0.3 is 5.97 Å². The summed E-state index contributed by atoms with van der Waals surface area (Å²) in [5.74, 6) is -1.02. The molecule has 1 aliphatic rings. The lowest BCUT2D eigenvalue weighted by Crippen LogP contribution is -2.29. The normalized spacial score (nSPS) is 19.8. The van der Waals surface area contributed by atoms with Crippen molar-refractivity contribution in [1.29, 1.82) is 0 Å². The number of aromatic carboxylic acids is 1. The predicted octanol–water partition coefficient (Wildman–Crippen LogP) is 1.54. The van der Waals surface area contributed by atoms with Crippen LogP contribution in [0.25, 0.3) is 0 Å². The zero-order valence-electron chi connectivity index (χ0n) is 11.2. The molecule has 21 heavy (non-hydrogen) atoms. The maximum Gasteiger partial charge on any atom is 0.335 e. The lowest BCUT2D eigenvalue weighted by Gasteiger charge is -2.18. The van der Waals surface area contributed by atoms with Gasteiger partial charge in [0.15, 0.2) is 0 Å². The Morgan fingerprint density at radius 2 is 2.14 bits per heavy atom. The SMILES string of the molecule is O=C(O)c1ccc(Br)c(S(=O)(=O)N2CCC(CCO)C2)c1. The molecule has 0 amide bonds. The summed E-state index contributed by atoms with van der Waals surface area (Å²) in [7, 11) is -3.74. The van der Waals surface area contributed by atoms with Gasteiger partial charge in [-0.2, -0.15) is 4.31 Å². The average Bonchev–Trinajstić information content (AvgIpc) is 2.88. The summed E-state index contributed by atoms with van der Waals surface area (Å²) in [4.78, 5) is 11.0. The summed E-state index contributed by atoms with van der Waals surface area (Å²) in [5.41, 5.74) is -0.0668. The van der Waals surface area contributed by atoms with E-state index in [4.69, 9.17) is 10.2 Å². The summed E-state index contributed by atoms with van der Waals surface area (Å²) in [6.45, 7) is 0.778. The standard InChI is InChI=1S/C13H16BrNO5S/c14-11-2-1-10(13(17)18)7-12(11)21(19,20)15-5-3-9(8-15)4-6-16/h1-2,7,9,16H,3-6,8H2,(H,17,18). The van der Waals surface area contributed by atoms with E-state index >= 15 is 0 Å². The van der Waals surface area contributed by atoms with Crippen molar-refractivity contribution in [3.8, 4) is 0 Å². The maximum atomic E-state index is 12.6. The summed E-state index contributed by atoms with van der Waals surface area (Å²) in [6.07, 6.45) is 1.28. The van der Waals surface area contributed by atoms with E-state index in [0.29, 0.717) is 30.4 Å². The maximum absolute atomic E-state index is 12.6. The molecule has 0 radical (unpaired) electrons. The lowest BCUT2D eigenvalue weighted by atomic mass is 10.1. The van der Waals surface area contributed by atoms with E-state index in [1.54, 1.807) is 0 Å². The number of aliphatic hydroxyl groups excluding tert-OH is 1. The van der Waals surface area contributed by atoms with Crippen LogP contribution in [-0.4, -0.2) is 48.6 Å². The number of carboxylic acids is 1. The predicted molar refractivity (Wildman–Crippen MR) is 79.7 cm³/mol. The van der Waals surface area contributed by atoms with Crippen LogP contribution in [0.5, 0.6) is 0 Å². The van der Waals surface area contributed by atoms with Gasteiger partial charge in [-0.25, -0.2) is 13.2 Å². The van der Waals surface area contributed by atoms with Crippen LogP contribution < -0.4 is 0 Å². The van der Waals surface area contributed by atoms with Crippen LogP contribution in [0, 0.1) is 5.92 Å². The van der Waals surface area contributed by atoms with Crippen LogP contribution in [0.2, 0.25) is 0 Å². The second-order valence-corrected chi connectivity index (χ2v) is 7.74. The molecule has 2 N–H and O–H groups in total. The van der Waals surface area contributed by atoms with Crippen molar-refractivity contribution in [1.82, 2.24) is 4.31 Å². The first-order chi connectivity index (χ1) is 9.86. The van der Waals surface area contributed by atoms with Gasteiger partial charge in [0.25, 0.3) is 0 Å². The number of hydrogen-bond acceptors (Lipinski definition) is 4. The van der Waals surface area contributed by atoms with Crippen molar-refractivity contribution in [2.45, 2.75) is 17.7 Å². The van der Waals surface area contributed by atoms with Gasteiger partial charge in [0, 0.05) is 24.2 Å². The molecule has 1 saturated heterocycles. The molecule has 0 spiro atoms. The highest BCUT2D eigenvalue weighted by Crippen LogP contribution is 2.30. The molecule has 1 aromatic rings. The first-order valence-electron chi connectivity index (χ1n) is 6.50. The van der Waals surface area contributed by atoms with Gasteiger partial charge in [-0.3, -0.25) is 0 Å². The van der Waals surface area contributed by atoms with Gasteiger partial charge in [-0.1, -0.05) is 0 Å². The van der Waals surface area contributed by atoms with Crippen molar-refractivity contribution < 1.29 is 23.4 Å². The Morgan fingerprint density at radius 1 is 1.43 bits per heavy atom. The molecule has 0 saturated carbocycles. The summed E-state index contributed by atoms with van der Waals surface area (Å²) >= 11 is 3.17. The molecule has 0 bridgehead atoms. The number of carboxylic acid groups (broad SMARTS) is 1. The smallest absolute Gasteiger partial charge is 0.335 e. The minimum absolute atomic E-state index is 0.0351. The van der Waals surface area contributed by atoms with E-state index in [2.05, 4.69) is 15.9 Å². The summed E-state index contributed by atoms with van der Waals surface area (Å²) < 4.78 is 26.9. The van der Waals surface area contributed by atoms with Crippen LogP contribution in [0.15, 0.2) is 27.6 Å². The van der Waals surface area contributed by atoms with Crippen molar-refractivity contribution in [3.63, 3.8) is 0 Å². The number of halogens is 1. The van der Waals surface area contributed by atoms with Crippen molar-refractivity contribution >= 4 is 31.9 Å². The van der Waals surface area contributed by atoms with E-state index in [1.807, 2.05) is 0 Å².